The first-order valence-corrected chi connectivity index (χ1v) is 18.3. The highest BCUT2D eigenvalue weighted by molar-refractivity contribution is 6.22. The molecule has 0 fully saturated rings. The Morgan fingerprint density at radius 3 is 1.35 bits per heavy atom. The summed E-state index contributed by atoms with van der Waals surface area (Å²) < 4.78 is 19.0. The van der Waals surface area contributed by atoms with Crippen LogP contribution in [-0.4, -0.2) is 15.0 Å². The minimum Gasteiger partial charge on any atom is -0.456 e. The van der Waals surface area contributed by atoms with Crippen LogP contribution in [0.15, 0.2) is 177 Å². The zero-order chi connectivity index (χ0) is 36.0. The van der Waals surface area contributed by atoms with Gasteiger partial charge in [-0.3, -0.25) is 0 Å². The van der Waals surface area contributed by atoms with E-state index in [1.807, 2.05) is 72.8 Å². The average molecular weight is 706 g/mol. The van der Waals surface area contributed by atoms with Gasteiger partial charge in [-0.2, -0.15) is 0 Å². The molecule has 12 rings (SSSR count). The quantitative estimate of drug-likeness (QED) is 0.181. The fourth-order valence-electron chi connectivity index (χ4n) is 8.29. The first kappa shape index (κ1) is 29.9. The van der Waals surface area contributed by atoms with Gasteiger partial charge in [0.05, 0.1) is 0 Å². The molecular formula is C49H27N3O3. The average Bonchev–Trinajstić information content (AvgIpc) is 3.94. The molecule has 0 atom stereocenters. The normalized spacial score (nSPS) is 12.0. The van der Waals surface area contributed by atoms with Gasteiger partial charge in [-0.1, -0.05) is 127 Å². The molecule has 0 N–H and O–H groups in total. The zero-order valence-electron chi connectivity index (χ0n) is 29.2. The molecule has 0 amide bonds. The Balaban J connectivity index is 1.09. The predicted molar refractivity (Wildman–Crippen MR) is 221 cm³/mol. The van der Waals surface area contributed by atoms with Crippen LogP contribution in [0.3, 0.4) is 0 Å². The van der Waals surface area contributed by atoms with Crippen molar-refractivity contribution in [3.05, 3.63) is 164 Å². The summed E-state index contributed by atoms with van der Waals surface area (Å²) in [6.07, 6.45) is 0. The second-order valence-electron chi connectivity index (χ2n) is 13.9. The van der Waals surface area contributed by atoms with Crippen molar-refractivity contribution >= 4 is 76.6 Å². The maximum atomic E-state index is 6.46. The first-order chi connectivity index (χ1) is 27.2. The highest BCUT2D eigenvalue weighted by Crippen LogP contribution is 2.42. The van der Waals surface area contributed by atoms with Crippen LogP contribution in [0.4, 0.5) is 0 Å². The van der Waals surface area contributed by atoms with E-state index >= 15 is 0 Å². The Morgan fingerprint density at radius 2 is 0.709 bits per heavy atom. The number of para-hydroxylation sites is 3. The van der Waals surface area contributed by atoms with E-state index in [2.05, 4.69) is 91.0 Å². The molecule has 0 saturated carbocycles. The SMILES string of the molecule is c1ccc2c(c1)oc1cccc(-c3ccc(-c4nc(-c5cc6oc7ccccc7c6c6ccccc56)nc(-c5cccc6oc7ccccc7c56)n4)cc3)c12. The van der Waals surface area contributed by atoms with Crippen molar-refractivity contribution in [1.82, 2.24) is 15.0 Å². The van der Waals surface area contributed by atoms with Crippen molar-refractivity contribution < 1.29 is 13.3 Å². The molecule has 4 heterocycles. The Morgan fingerprint density at radius 1 is 0.273 bits per heavy atom. The lowest BCUT2D eigenvalue weighted by Gasteiger charge is -2.12. The van der Waals surface area contributed by atoms with Crippen molar-refractivity contribution in [3.8, 4) is 45.3 Å². The van der Waals surface area contributed by atoms with Crippen molar-refractivity contribution in [1.29, 1.82) is 0 Å². The Labute approximate surface area is 312 Å². The lowest BCUT2D eigenvalue weighted by atomic mass is 9.98. The maximum Gasteiger partial charge on any atom is 0.164 e. The van der Waals surface area contributed by atoms with E-state index in [1.54, 1.807) is 0 Å². The van der Waals surface area contributed by atoms with E-state index in [1.165, 1.54) is 0 Å². The van der Waals surface area contributed by atoms with E-state index in [9.17, 15) is 0 Å². The highest BCUT2D eigenvalue weighted by Gasteiger charge is 2.21. The van der Waals surface area contributed by atoms with Crippen molar-refractivity contribution in [2.24, 2.45) is 0 Å². The number of rotatable bonds is 4. The summed E-state index contributed by atoms with van der Waals surface area (Å²) in [5, 5.41) is 8.45. The van der Waals surface area contributed by atoms with Gasteiger partial charge in [-0.05, 0) is 58.3 Å². The fraction of sp³-hybridized carbons (Fsp3) is 0. The number of hydrogen-bond donors (Lipinski definition) is 0. The van der Waals surface area contributed by atoms with Crippen LogP contribution in [0.5, 0.6) is 0 Å². The van der Waals surface area contributed by atoms with Crippen LogP contribution in [0.2, 0.25) is 0 Å². The van der Waals surface area contributed by atoms with Gasteiger partial charge < -0.3 is 13.3 Å². The number of hydrogen-bond acceptors (Lipinski definition) is 6. The van der Waals surface area contributed by atoms with E-state index < -0.39 is 0 Å². The summed E-state index contributed by atoms with van der Waals surface area (Å²) in [5.41, 5.74) is 9.75. The van der Waals surface area contributed by atoms with Crippen LogP contribution >= 0.6 is 0 Å². The summed E-state index contributed by atoms with van der Waals surface area (Å²) in [6.45, 7) is 0. The summed E-state index contributed by atoms with van der Waals surface area (Å²) >= 11 is 0. The molecule has 12 aromatic rings. The molecule has 0 spiro atoms. The second-order valence-corrected chi connectivity index (χ2v) is 13.9. The van der Waals surface area contributed by atoms with E-state index in [-0.39, 0.29) is 0 Å². The fourth-order valence-corrected chi connectivity index (χ4v) is 8.29. The molecule has 8 aromatic carbocycles. The van der Waals surface area contributed by atoms with Crippen LogP contribution in [0.25, 0.3) is 122 Å². The standard InChI is InChI=1S/C49H27N3O3/c1-2-12-32-31(11-1)37(27-43-45(32)34-14-4-8-20-40(34)55-43)49-51-47(50-48(52-49)36-17-10-22-42-46(36)35-15-5-7-19-39(35)54-42)29-25-23-28(24-26-29)30-16-9-21-41-44(30)33-13-3-6-18-38(33)53-41/h1-27H. The summed E-state index contributed by atoms with van der Waals surface area (Å²) in [4.78, 5) is 15.7. The van der Waals surface area contributed by atoms with Crippen molar-refractivity contribution in [3.63, 3.8) is 0 Å². The lowest BCUT2D eigenvalue weighted by molar-refractivity contribution is 0.668. The number of benzene rings is 8. The monoisotopic (exact) mass is 705 g/mol. The predicted octanol–water partition coefficient (Wildman–Crippen LogP) is 13.4. The second kappa shape index (κ2) is 11.5. The topological polar surface area (TPSA) is 78.1 Å². The van der Waals surface area contributed by atoms with Gasteiger partial charge in [-0.25, -0.2) is 15.0 Å². The molecule has 0 aliphatic heterocycles. The highest BCUT2D eigenvalue weighted by atomic mass is 16.3. The summed E-state index contributed by atoms with van der Waals surface area (Å²) in [6, 6.07) is 55.6. The molecule has 4 aromatic heterocycles. The molecule has 0 aliphatic carbocycles. The minimum atomic E-state index is 0.557. The van der Waals surface area contributed by atoms with Gasteiger partial charge in [0, 0.05) is 49.0 Å². The molecule has 0 aliphatic rings. The molecule has 55 heavy (non-hydrogen) atoms. The van der Waals surface area contributed by atoms with E-state index in [0.29, 0.717) is 17.5 Å². The van der Waals surface area contributed by atoms with Crippen LogP contribution in [-0.2, 0) is 0 Å². The van der Waals surface area contributed by atoms with Gasteiger partial charge in [0.15, 0.2) is 17.5 Å². The van der Waals surface area contributed by atoms with E-state index in [4.69, 9.17) is 28.2 Å². The van der Waals surface area contributed by atoms with Gasteiger partial charge >= 0.3 is 0 Å². The molecule has 6 nitrogen and oxygen atoms in total. The number of furan rings is 3. The third-order valence-electron chi connectivity index (χ3n) is 10.8. The van der Waals surface area contributed by atoms with E-state index in [0.717, 1.165) is 104 Å². The third kappa shape index (κ3) is 4.52. The third-order valence-corrected chi connectivity index (χ3v) is 10.8. The van der Waals surface area contributed by atoms with Gasteiger partial charge in [0.25, 0.3) is 0 Å². The molecule has 0 radical (unpaired) electrons. The van der Waals surface area contributed by atoms with Crippen LogP contribution in [0.1, 0.15) is 0 Å². The minimum absolute atomic E-state index is 0.557. The Kier molecular flexibility index (Phi) is 6.24. The lowest BCUT2D eigenvalue weighted by Crippen LogP contribution is -2.01. The first-order valence-electron chi connectivity index (χ1n) is 18.3. The summed E-state index contributed by atoms with van der Waals surface area (Å²) in [5.74, 6) is 1.68. The van der Waals surface area contributed by atoms with Crippen LogP contribution < -0.4 is 0 Å². The van der Waals surface area contributed by atoms with Gasteiger partial charge in [0.2, 0.25) is 0 Å². The largest absolute Gasteiger partial charge is 0.456 e. The zero-order valence-corrected chi connectivity index (χ0v) is 29.2. The molecule has 6 heteroatoms. The van der Waals surface area contributed by atoms with Crippen LogP contribution in [0, 0.1) is 0 Å². The van der Waals surface area contributed by atoms with Gasteiger partial charge in [-0.15, -0.1) is 0 Å². The molecular weight excluding hydrogens is 679 g/mol. The number of nitrogens with zero attached hydrogens (tertiary/aromatic N) is 3. The molecule has 256 valence electrons. The Hall–Kier alpha value is -7.57. The Bertz CT molecular complexity index is 3500. The molecule has 0 bridgehead atoms. The number of fused-ring (bicyclic) bond motifs is 11. The summed E-state index contributed by atoms with van der Waals surface area (Å²) in [7, 11) is 0. The maximum absolute atomic E-state index is 6.46. The smallest absolute Gasteiger partial charge is 0.164 e. The molecule has 0 saturated heterocycles. The van der Waals surface area contributed by atoms with Gasteiger partial charge in [0.1, 0.15) is 33.5 Å². The molecule has 0 unspecified atom stereocenters. The van der Waals surface area contributed by atoms with Crippen molar-refractivity contribution in [2.45, 2.75) is 0 Å². The number of aromatic nitrogens is 3. The van der Waals surface area contributed by atoms with Crippen molar-refractivity contribution in [2.75, 3.05) is 0 Å².